The maximum Gasteiger partial charge on any atom is 0.389 e. The summed E-state index contributed by atoms with van der Waals surface area (Å²) in [5.41, 5.74) is 0.650. The van der Waals surface area contributed by atoms with Gasteiger partial charge in [-0.15, -0.1) is 0 Å². The third-order valence-electron chi connectivity index (χ3n) is 1.08. The van der Waals surface area contributed by atoms with Crippen LogP contribution >= 0.6 is 0 Å². The van der Waals surface area contributed by atoms with Crippen molar-refractivity contribution >= 4 is 6.08 Å². The van der Waals surface area contributed by atoms with Gasteiger partial charge in [0.25, 0.3) is 0 Å². The van der Waals surface area contributed by atoms with E-state index < -0.39 is 6.61 Å². The lowest BCUT2D eigenvalue weighted by Gasteiger charge is -2.00. The largest absolute Gasteiger partial charge is 0.401 e. The molecule has 0 aliphatic rings. The van der Waals surface area contributed by atoms with Crippen LogP contribution in [0.5, 0.6) is 6.01 Å². The normalized spacial score (nSPS) is 9.92. The Morgan fingerprint density at radius 2 is 2.00 bits per heavy atom. The van der Waals surface area contributed by atoms with E-state index in [1.807, 2.05) is 0 Å². The third-order valence-corrected chi connectivity index (χ3v) is 1.08. The minimum absolute atomic E-state index is 0.337. The van der Waals surface area contributed by atoms with Crippen LogP contribution in [0.15, 0.2) is 19.0 Å². The average molecular weight is 172 g/mol. The molecule has 0 radical (unpaired) electrons. The van der Waals surface area contributed by atoms with Crippen molar-refractivity contribution in [3.05, 3.63) is 24.5 Å². The van der Waals surface area contributed by atoms with Gasteiger partial charge in [0, 0.05) is 18.0 Å². The summed E-state index contributed by atoms with van der Waals surface area (Å²) in [7, 11) is 0. The lowest BCUT2D eigenvalue weighted by molar-refractivity contribution is -0.0560. The number of aromatic nitrogens is 2. The number of hydrogen-bond acceptors (Lipinski definition) is 3. The second-order valence-electron chi connectivity index (χ2n) is 1.88. The van der Waals surface area contributed by atoms with Crippen LogP contribution in [0.3, 0.4) is 0 Å². The van der Waals surface area contributed by atoms with Crippen molar-refractivity contribution in [2.45, 2.75) is 6.61 Å². The predicted octanol–water partition coefficient (Wildman–Crippen LogP) is 1.72. The molecule has 1 aromatic heterocycles. The van der Waals surface area contributed by atoms with Crippen LogP contribution in [0.1, 0.15) is 5.56 Å². The van der Waals surface area contributed by atoms with Crippen LogP contribution in [0.2, 0.25) is 0 Å². The molecule has 0 aliphatic heterocycles. The van der Waals surface area contributed by atoms with Gasteiger partial charge in [0.05, 0.1) is 0 Å². The number of rotatable bonds is 3. The van der Waals surface area contributed by atoms with Crippen LogP contribution in [0.4, 0.5) is 8.78 Å². The average Bonchev–Trinajstić information content (AvgIpc) is 2.05. The number of halogens is 2. The molecule has 0 fully saturated rings. The van der Waals surface area contributed by atoms with Gasteiger partial charge in [-0.25, -0.2) is 9.97 Å². The van der Waals surface area contributed by atoms with E-state index in [2.05, 4.69) is 21.3 Å². The predicted molar refractivity (Wildman–Crippen MR) is 38.8 cm³/mol. The Bertz CT molecular complexity index is 261. The molecule has 64 valence electrons. The van der Waals surface area contributed by atoms with Crippen LogP contribution in [-0.2, 0) is 0 Å². The van der Waals surface area contributed by atoms with E-state index in [4.69, 9.17) is 0 Å². The maximum atomic E-state index is 11.6. The lowest BCUT2D eigenvalue weighted by Crippen LogP contribution is -2.04. The van der Waals surface area contributed by atoms with Gasteiger partial charge < -0.3 is 4.74 Å². The first kappa shape index (κ1) is 8.58. The Hall–Kier alpha value is -1.52. The standard InChI is InChI=1S/C7H6F2N2O/c1-2-5-3-10-7(11-4-5)12-6(8)9/h2-4,6H,1H2. The van der Waals surface area contributed by atoms with Gasteiger partial charge in [0.1, 0.15) is 0 Å². The summed E-state index contributed by atoms with van der Waals surface area (Å²) in [5, 5.41) is 0. The van der Waals surface area contributed by atoms with Crippen molar-refractivity contribution in [3.8, 4) is 6.01 Å². The fourth-order valence-corrected chi connectivity index (χ4v) is 0.572. The SMILES string of the molecule is C=Cc1cnc(OC(F)F)nc1. The molecule has 3 nitrogen and oxygen atoms in total. The molecule has 1 heterocycles. The summed E-state index contributed by atoms with van der Waals surface area (Å²) in [6, 6.07) is -0.337. The second kappa shape index (κ2) is 3.75. The van der Waals surface area contributed by atoms with Gasteiger partial charge in [-0.3, -0.25) is 0 Å². The van der Waals surface area contributed by atoms with E-state index in [-0.39, 0.29) is 6.01 Å². The smallest absolute Gasteiger partial charge is 0.389 e. The highest BCUT2D eigenvalue weighted by Gasteiger charge is 2.05. The number of nitrogens with zero attached hydrogens (tertiary/aromatic N) is 2. The summed E-state index contributed by atoms with van der Waals surface area (Å²) in [4.78, 5) is 7.01. The maximum absolute atomic E-state index is 11.6. The number of hydrogen-bond donors (Lipinski definition) is 0. The van der Waals surface area contributed by atoms with Crippen molar-refractivity contribution in [2.75, 3.05) is 0 Å². The van der Waals surface area contributed by atoms with Gasteiger partial charge in [0.15, 0.2) is 0 Å². The molecule has 0 bridgehead atoms. The Kier molecular flexibility index (Phi) is 2.68. The minimum Gasteiger partial charge on any atom is -0.401 e. The Morgan fingerprint density at radius 1 is 1.42 bits per heavy atom. The van der Waals surface area contributed by atoms with Crippen molar-refractivity contribution in [3.63, 3.8) is 0 Å². The van der Waals surface area contributed by atoms with Gasteiger partial charge in [0.2, 0.25) is 0 Å². The summed E-state index contributed by atoms with van der Waals surface area (Å²) in [6.07, 6.45) is 4.20. The summed E-state index contributed by atoms with van der Waals surface area (Å²) in [5.74, 6) is 0. The molecule has 1 rings (SSSR count). The highest BCUT2D eigenvalue weighted by molar-refractivity contribution is 5.43. The summed E-state index contributed by atoms with van der Waals surface area (Å²) in [6.45, 7) is 0.563. The van der Waals surface area contributed by atoms with E-state index in [1.165, 1.54) is 18.5 Å². The molecule has 0 unspecified atom stereocenters. The molecule has 0 amide bonds. The van der Waals surface area contributed by atoms with Crippen LogP contribution < -0.4 is 4.74 Å². The van der Waals surface area contributed by atoms with Crippen LogP contribution in [0.25, 0.3) is 6.08 Å². The highest BCUT2D eigenvalue weighted by Crippen LogP contribution is 2.06. The topological polar surface area (TPSA) is 35.0 Å². The minimum atomic E-state index is -2.89. The Balaban J connectivity index is 2.71. The van der Waals surface area contributed by atoms with Gasteiger partial charge in [-0.2, -0.15) is 8.78 Å². The molecule has 0 saturated heterocycles. The van der Waals surface area contributed by atoms with E-state index in [0.717, 1.165) is 0 Å². The quantitative estimate of drug-likeness (QED) is 0.696. The number of ether oxygens (including phenoxy) is 1. The van der Waals surface area contributed by atoms with Crippen molar-refractivity contribution in [1.29, 1.82) is 0 Å². The summed E-state index contributed by atoms with van der Waals surface area (Å²) < 4.78 is 27.1. The van der Waals surface area contributed by atoms with Gasteiger partial charge in [-0.05, 0) is 0 Å². The zero-order chi connectivity index (χ0) is 8.97. The molecular weight excluding hydrogens is 166 g/mol. The Morgan fingerprint density at radius 3 is 2.42 bits per heavy atom. The summed E-state index contributed by atoms with van der Waals surface area (Å²) >= 11 is 0. The monoisotopic (exact) mass is 172 g/mol. The molecule has 0 atom stereocenters. The Labute approximate surface area is 67.7 Å². The van der Waals surface area contributed by atoms with E-state index in [0.29, 0.717) is 5.56 Å². The molecule has 12 heavy (non-hydrogen) atoms. The lowest BCUT2D eigenvalue weighted by atomic mass is 10.3. The molecule has 1 aromatic rings. The first-order chi connectivity index (χ1) is 5.72. The molecule has 0 aliphatic carbocycles. The second-order valence-corrected chi connectivity index (χ2v) is 1.88. The van der Waals surface area contributed by atoms with Crippen molar-refractivity contribution in [1.82, 2.24) is 9.97 Å². The fourth-order valence-electron chi connectivity index (χ4n) is 0.572. The van der Waals surface area contributed by atoms with E-state index in [1.54, 1.807) is 0 Å². The molecule has 0 spiro atoms. The molecular formula is C7H6F2N2O. The van der Waals surface area contributed by atoms with Gasteiger partial charge >= 0.3 is 12.6 Å². The first-order valence-corrected chi connectivity index (χ1v) is 3.11. The highest BCUT2D eigenvalue weighted by atomic mass is 19.3. The van der Waals surface area contributed by atoms with Crippen molar-refractivity contribution in [2.24, 2.45) is 0 Å². The van der Waals surface area contributed by atoms with Gasteiger partial charge in [-0.1, -0.05) is 12.7 Å². The van der Waals surface area contributed by atoms with E-state index >= 15 is 0 Å². The molecule has 5 heteroatoms. The van der Waals surface area contributed by atoms with E-state index in [9.17, 15) is 8.78 Å². The zero-order valence-electron chi connectivity index (χ0n) is 6.08. The number of alkyl halides is 2. The third kappa shape index (κ3) is 2.26. The molecule has 0 N–H and O–H groups in total. The van der Waals surface area contributed by atoms with Crippen LogP contribution in [-0.4, -0.2) is 16.6 Å². The van der Waals surface area contributed by atoms with Crippen molar-refractivity contribution < 1.29 is 13.5 Å². The fraction of sp³-hybridized carbons (Fsp3) is 0.143. The first-order valence-electron chi connectivity index (χ1n) is 3.11. The zero-order valence-corrected chi connectivity index (χ0v) is 6.08. The van der Waals surface area contributed by atoms with Crippen LogP contribution in [0, 0.1) is 0 Å². The molecule has 0 saturated carbocycles. The molecule has 0 aromatic carbocycles.